The minimum Gasteiger partial charge on any atom is -0.384 e. The number of nitrogens with two attached hydrogens (primary N) is 1. The lowest BCUT2D eigenvalue weighted by Gasteiger charge is -2.19. The van der Waals surface area contributed by atoms with Crippen LogP contribution in [0.4, 0.5) is 19.0 Å². The quantitative estimate of drug-likeness (QED) is 0.837. The minimum atomic E-state index is -4.29. The molecule has 21 heavy (non-hydrogen) atoms. The molecule has 0 spiro atoms. The van der Waals surface area contributed by atoms with E-state index in [0.29, 0.717) is 11.3 Å². The van der Waals surface area contributed by atoms with Gasteiger partial charge < -0.3 is 11.1 Å². The van der Waals surface area contributed by atoms with Crippen molar-refractivity contribution in [2.75, 3.05) is 18.0 Å². The fraction of sp³-hybridized carbons (Fsp3) is 0.538. The van der Waals surface area contributed by atoms with Gasteiger partial charge in [-0.1, -0.05) is 20.8 Å². The van der Waals surface area contributed by atoms with Crippen LogP contribution in [0.15, 0.2) is 12.1 Å². The van der Waals surface area contributed by atoms with Crippen molar-refractivity contribution in [3.63, 3.8) is 0 Å². The summed E-state index contributed by atoms with van der Waals surface area (Å²) >= 11 is -0.170. The number of hydrogen-bond donors (Lipinski definition) is 2. The van der Waals surface area contributed by atoms with Gasteiger partial charge in [-0.15, -0.1) is 0 Å². The van der Waals surface area contributed by atoms with E-state index in [1.807, 2.05) is 20.8 Å². The van der Waals surface area contributed by atoms with Gasteiger partial charge in [0.15, 0.2) is 0 Å². The number of nitrogen functional groups attached to an aromatic ring is 1. The summed E-state index contributed by atoms with van der Waals surface area (Å²) in [5.74, 6) is -0.489. The van der Waals surface area contributed by atoms with Gasteiger partial charge in [0.1, 0.15) is 5.82 Å². The van der Waals surface area contributed by atoms with Gasteiger partial charge >= 0.3 is 5.51 Å². The van der Waals surface area contributed by atoms with E-state index in [-0.39, 0.29) is 35.3 Å². The first-order valence-electron chi connectivity index (χ1n) is 6.26. The van der Waals surface area contributed by atoms with E-state index in [4.69, 9.17) is 5.73 Å². The van der Waals surface area contributed by atoms with Crippen molar-refractivity contribution in [3.05, 3.63) is 23.4 Å². The number of carbonyl (C=O) groups excluding carboxylic acids is 1. The van der Waals surface area contributed by atoms with Gasteiger partial charge in [0.2, 0.25) is 0 Å². The number of anilines is 1. The maximum absolute atomic E-state index is 12.0. The average molecular weight is 321 g/mol. The number of halogens is 3. The monoisotopic (exact) mass is 321 g/mol. The third kappa shape index (κ3) is 6.24. The Morgan fingerprint density at radius 1 is 1.33 bits per heavy atom. The molecular weight excluding hydrogens is 303 g/mol. The Bertz CT molecular complexity index is 512. The number of pyridine rings is 1. The summed E-state index contributed by atoms with van der Waals surface area (Å²) in [6, 6.07) is 3.00. The molecule has 0 aliphatic heterocycles. The summed E-state index contributed by atoms with van der Waals surface area (Å²) in [5.41, 5.74) is 2.04. The van der Waals surface area contributed by atoms with Crippen molar-refractivity contribution < 1.29 is 18.0 Å². The van der Waals surface area contributed by atoms with E-state index < -0.39 is 11.4 Å². The van der Waals surface area contributed by atoms with Gasteiger partial charge in [0.25, 0.3) is 5.91 Å². The van der Waals surface area contributed by atoms with E-state index in [1.165, 1.54) is 6.07 Å². The third-order valence-corrected chi connectivity index (χ3v) is 3.26. The normalized spacial score (nSPS) is 12.3. The first-order valence-corrected chi connectivity index (χ1v) is 7.24. The van der Waals surface area contributed by atoms with Crippen LogP contribution < -0.4 is 11.1 Å². The van der Waals surface area contributed by atoms with Gasteiger partial charge in [-0.3, -0.25) is 4.79 Å². The van der Waals surface area contributed by atoms with Crippen molar-refractivity contribution in [2.24, 2.45) is 0 Å². The summed E-state index contributed by atoms with van der Waals surface area (Å²) in [5, 5.41) is 2.43. The zero-order valence-electron chi connectivity index (χ0n) is 12.0. The molecule has 1 rings (SSSR count). The Kier molecular flexibility index (Phi) is 5.49. The highest BCUT2D eigenvalue weighted by molar-refractivity contribution is 8.00. The van der Waals surface area contributed by atoms with E-state index in [2.05, 4.69) is 10.3 Å². The predicted octanol–water partition coefficient (Wildman–Crippen LogP) is 2.94. The second kappa shape index (κ2) is 6.55. The highest BCUT2D eigenvalue weighted by Crippen LogP contribution is 2.29. The number of hydrogen-bond acceptors (Lipinski definition) is 4. The third-order valence-electron chi connectivity index (χ3n) is 2.53. The fourth-order valence-corrected chi connectivity index (χ4v) is 1.94. The maximum Gasteiger partial charge on any atom is 0.441 e. The number of rotatable bonds is 4. The second-order valence-electron chi connectivity index (χ2n) is 5.47. The number of nitrogens with one attached hydrogen (secondary N) is 1. The van der Waals surface area contributed by atoms with Crippen LogP contribution in [-0.4, -0.2) is 28.7 Å². The molecule has 8 heteroatoms. The van der Waals surface area contributed by atoms with Crippen LogP contribution in [-0.2, 0) is 5.41 Å². The molecule has 0 aromatic carbocycles. The van der Waals surface area contributed by atoms with Gasteiger partial charge in [-0.2, -0.15) is 13.2 Å². The van der Waals surface area contributed by atoms with Crippen molar-refractivity contribution in [3.8, 4) is 0 Å². The number of thioether (sulfide) groups is 1. The Morgan fingerprint density at radius 2 is 1.95 bits per heavy atom. The van der Waals surface area contributed by atoms with Crippen molar-refractivity contribution in [2.45, 2.75) is 31.7 Å². The van der Waals surface area contributed by atoms with Gasteiger partial charge in [0.05, 0.1) is 0 Å². The highest BCUT2D eigenvalue weighted by Gasteiger charge is 2.27. The van der Waals surface area contributed by atoms with Gasteiger partial charge in [-0.05, 0) is 23.9 Å². The van der Waals surface area contributed by atoms with Crippen molar-refractivity contribution in [1.82, 2.24) is 10.3 Å². The van der Waals surface area contributed by atoms with Crippen LogP contribution in [0.5, 0.6) is 0 Å². The van der Waals surface area contributed by atoms with Crippen molar-refractivity contribution in [1.29, 1.82) is 0 Å². The summed E-state index contributed by atoms with van der Waals surface area (Å²) in [6.07, 6.45) is 0. The molecule has 1 aromatic heterocycles. The summed E-state index contributed by atoms with van der Waals surface area (Å²) < 4.78 is 35.9. The molecule has 1 aromatic rings. The minimum absolute atomic E-state index is 0.0733. The molecule has 1 amide bonds. The zero-order chi connectivity index (χ0) is 16.3. The lowest BCUT2D eigenvalue weighted by molar-refractivity contribution is -0.0327. The largest absolute Gasteiger partial charge is 0.441 e. The van der Waals surface area contributed by atoms with Crippen LogP contribution >= 0.6 is 11.8 Å². The van der Waals surface area contributed by atoms with Crippen LogP contribution in [0.1, 0.15) is 36.8 Å². The molecule has 0 radical (unpaired) electrons. The molecule has 0 aliphatic carbocycles. The second-order valence-corrected chi connectivity index (χ2v) is 6.63. The van der Waals surface area contributed by atoms with Crippen LogP contribution in [0.25, 0.3) is 0 Å². The standard InChI is InChI=1S/C13H18F3N3OS/c1-12(2,3)9-6-8(7-10(17)19-9)11(20)18-4-5-21-13(14,15)16/h6-7H,4-5H2,1-3H3,(H2,17,19)(H,18,20). The summed E-state index contributed by atoms with van der Waals surface area (Å²) in [7, 11) is 0. The lowest BCUT2D eigenvalue weighted by Crippen LogP contribution is -2.27. The topological polar surface area (TPSA) is 68.0 Å². The lowest BCUT2D eigenvalue weighted by atomic mass is 9.90. The van der Waals surface area contributed by atoms with E-state index in [9.17, 15) is 18.0 Å². The Morgan fingerprint density at radius 3 is 2.48 bits per heavy atom. The molecule has 1 heterocycles. The van der Waals surface area contributed by atoms with Gasteiger partial charge in [0, 0.05) is 29.0 Å². The SMILES string of the molecule is CC(C)(C)c1cc(C(=O)NCCSC(F)(F)F)cc(N)n1. The summed E-state index contributed by atoms with van der Waals surface area (Å²) in [4.78, 5) is 16.1. The first kappa shape index (κ1) is 17.6. The van der Waals surface area contributed by atoms with E-state index in [1.54, 1.807) is 6.07 Å². The van der Waals surface area contributed by atoms with Crippen molar-refractivity contribution >= 4 is 23.5 Å². The number of alkyl halides is 3. The number of nitrogens with zero attached hydrogens (tertiary/aromatic N) is 1. The molecule has 0 atom stereocenters. The first-order chi connectivity index (χ1) is 9.49. The zero-order valence-corrected chi connectivity index (χ0v) is 12.9. The molecule has 0 unspecified atom stereocenters. The Balaban J connectivity index is 2.68. The number of carbonyl (C=O) groups is 1. The molecule has 0 saturated heterocycles. The molecule has 118 valence electrons. The van der Waals surface area contributed by atoms with Gasteiger partial charge in [-0.25, -0.2) is 4.98 Å². The molecule has 0 aliphatic rings. The number of aromatic nitrogens is 1. The Hall–Kier alpha value is -1.44. The average Bonchev–Trinajstić information content (AvgIpc) is 2.31. The van der Waals surface area contributed by atoms with Crippen LogP contribution in [0.2, 0.25) is 0 Å². The smallest absolute Gasteiger partial charge is 0.384 e. The summed E-state index contributed by atoms with van der Waals surface area (Å²) in [6.45, 7) is 5.71. The predicted molar refractivity (Wildman–Crippen MR) is 78.2 cm³/mol. The molecule has 4 nitrogen and oxygen atoms in total. The highest BCUT2D eigenvalue weighted by atomic mass is 32.2. The molecule has 0 fully saturated rings. The van der Waals surface area contributed by atoms with Crippen LogP contribution in [0.3, 0.4) is 0 Å². The molecule has 0 bridgehead atoms. The Labute approximate surface area is 125 Å². The molecular formula is C13H18F3N3OS. The van der Waals surface area contributed by atoms with E-state index in [0.717, 1.165) is 0 Å². The van der Waals surface area contributed by atoms with Crippen LogP contribution in [0, 0.1) is 0 Å². The van der Waals surface area contributed by atoms with E-state index >= 15 is 0 Å². The molecule has 0 saturated carbocycles. The fourth-order valence-electron chi connectivity index (χ4n) is 1.50. The number of amides is 1. The maximum atomic E-state index is 12.0. The molecule has 3 N–H and O–H groups in total.